The van der Waals surface area contributed by atoms with E-state index in [1.54, 1.807) is 24.3 Å². The van der Waals surface area contributed by atoms with Crippen molar-refractivity contribution in [1.29, 1.82) is 0 Å². The second kappa shape index (κ2) is 9.67. The van der Waals surface area contributed by atoms with Crippen LogP contribution in [-0.4, -0.2) is 11.8 Å². The lowest BCUT2D eigenvalue weighted by Crippen LogP contribution is -2.34. The monoisotopic (exact) mass is 434 g/mol. The molecule has 3 rings (SSSR count). The van der Waals surface area contributed by atoms with Gasteiger partial charge in [-0.3, -0.25) is 9.59 Å². The predicted octanol–water partition coefficient (Wildman–Crippen LogP) is 4.54. The molecule has 0 spiro atoms. The molecule has 140 valence electrons. The standard InChI is InChI=1S/C23H19BrN2O2/c24-20-13-7-12-19(15-20)22(27)26-21(14-17-8-3-1-4-9-17)23(28)25-16-18-10-5-2-6-11-18/h1-15H,16H2,(H,25,28)(H,26,27)/b21-14+. The first-order chi connectivity index (χ1) is 13.6. The van der Waals surface area contributed by atoms with Crippen LogP contribution in [0.1, 0.15) is 21.5 Å². The van der Waals surface area contributed by atoms with Crippen LogP contribution in [0.5, 0.6) is 0 Å². The van der Waals surface area contributed by atoms with Crippen LogP contribution in [0.25, 0.3) is 6.08 Å². The van der Waals surface area contributed by atoms with Crippen molar-refractivity contribution in [3.63, 3.8) is 0 Å². The van der Waals surface area contributed by atoms with Crippen molar-refractivity contribution in [2.24, 2.45) is 0 Å². The van der Waals surface area contributed by atoms with E-state index < -0.39 is 0 Å². The Morgan fingerprint density at radius 3 is 2.21 bits per heavy atom. The summed E-state index contributed by atoms with van der Waals surface area (Å²) in [5, 5.41) is 5.59. The van der Waals surface area contributed by atoms with Gasteiger partial charge in [0.25, 0.3) is 11.8 Å². The first-order valence-electron chi connectivity index (χ1n) is 8.77. The maximum absolute atomic E-state index is 12.8. The van der Waals surface area contributed by atoms with Crippen molar-refractivity contribution in [3.05, 3.63) is 112 Å². The summed E-state index contributed by atoms with van der Waals surface area (Å²) in [5.41, 5.74) is 2.45. The van der Waals surface area contributed by atoms with Gasteiger partial charge in [-0.05, 0) is 35.4 Å². The van der Waals surface area contributed by atoms with Crippen LogP contribution in [0.4, 0.5) is 0 Å². The molecule has 3 aromatic rings. The summed E-state index contributed by atoms with van der Waals surface area (Å²) in [5.74, 6) is -0.700. The summed E-state index contributed by atoms with van der Waals surface area (Å²) in [7, 11) is 0. The second-order valence-corrected chi connectivity index (χ2v) is 7.02. The van der Waals surface area contributed by atoms with Crippen LogP contribution in [-0.2, 0) is 11.3 Å². The second-order valence-electron chi connectivity index (χ2n) is 6.10. The zero-order valence-corrected chi connectivity index (χ0v) is 16.6. The highest BCUT2D eigenvalue weighted by molar-refractivity contribution is 9.10. The number of hydrogen-bond acceptors (Lipinski definition) is 2. The molecule has 2 N–H and O–H groups in total. The van der Waals surface area contributed by atoms with E-state index in [1.807, 2.05) is 66.7 Å². The molecule has 0 heterocycles. The minimum atomic E-state index is -0.351. The highest BCUT2D eigenvalue weighted by Gasteiger charge is 2.15. The number of amides is 2. The third-order valence-electron chi connectivity index (χ3n) is 3.99. The Kier molecular flexibility index (Phi) is 6.76. The van der Waals surface area contributed by atoms with Crippen LogP contribution in [0.15, 0.2) is 95.1 Å². The maximum atomic E-state index is 12.8. The first kappa shape index (κ1) is 19.6. The number of rotatable bonds is 6. The molecule has 0 unspecified atom stereocenters. The predicted molar refractivity (Wildman–Crippen MR) is 114 cm³/mol. The molecule has 2 amide bonds. The Labute approximate surface area is 172 Å². The molecule has 4 nitrogen and oxygen atoms in total. The van der Waals surface area contributed by atoms with E-state index in [-0.39, 0.29) is 17.5 Å². The zero-order valence-electron chi connectivity index (χ0n) is 15.1. The molecule has 0 fully saturated rings. The van der Waals surface area contributed by atoms with Crippen molar-refractivity contribution >= 4 is 33.8 Å². The van der Waals surface area contributed by atoms with E-state index in [0.29, 0.717) is 12.1 Å². The fraction of sp³-hybridized carbons (Fsp3) is 0.0435. The Balaban J connectivity index is 1.79. The van der Waals surface area contributed by atoms with Crippen molar-refractivity contribution in [2.45, 2.75) is 6.54 Å². The van der Waals surface area contributed by atoms with E-state index >= 15 is 0 Å². The van der Waals surface area contributed by atoms with E-state index in [1.165, 1.54) is 0 Å². The summed E-state index contributed by atoms with van der Waals surface area (Å²) in [6.07, 6.45) is 1.66. The fourth-order valence-electron chi connectivity index (χ4n) is 2.57. The van der Waals surface area contributed by atoms with E-state index in [4.69, 9.17) is 0 Å². The molecule has 0 saturated carbocycles. The molecular weight excluding hydrogens is 416 g/mol. The van der Waals surface area contributed by atoms with Crippen molar-refractivity contribution in [3.8, 4) is 0 Å². The van der Waals surface area contributed by atoms with Gasteiger partial charge < -0.3 is 10.6 Å². The average molecular weight is 435 g/mol. The summed E-state index contributed by atoms with van der Waals surface area (Å²) < 4.78 is 0.794. The van der Waals surface area contributed by atoms with Gasteiger partial charge in [0.15, 0.2) is 0 Å². The topological polar surface area (TPSA) is 58.2 Å². The minimum absolute atomic E-state index is 0.187. The minimum Gasteiger partial charge on any atom is -0.347 e. The number of hydrogen-bond donors (Lipinski definition) is 2. The normalized spacial score (nSPS) is 11.0. The van der Waals surface area contributed by atoms with Crippen molar-refractivity contribution < 1.29 is 9.59 Å². The van der Waals surface area contributed by atoms with Crippen molar-refractivity contribution in [2.75, 3.05) is 0 Å². The molecule has 0 aliphatic rings. The van der Waals surface area contributed by atoms with Gasteiger partial charge in [0, 0.05) is 16.6 Å². The Hall–Kier alpha value is -3.18. The lowest BCUT2D eigenvalue weighted by molar-refractivity contribution is -0.117. The van der Waals surface area contributed by atoms with Gasteiger partial charge in [-0.2, -0.15) is 0 Å². The molecular formula is C23H19BrN2O2. The Bertz CT molecular complexity index is 986. The number of carbonyl (C=O) groups is 2. The van der Waals surface area contributed by atoms with Gasteiger partial charge in [-0.15, -0.1) is 0 Å². The molecule has 0 atom stereocenters. The summed E-state index contributed by atoms with van der Waals surface area (Å²) in [6.45, 7) is 0.374. The molecule has 0 radical (unpaired) electrons. The number of benzene rings is 3. The van der Waals surface area contributed by atoms with Crippen LogP contribution in [0.3, 0.4) is 0 Å². The largest absolute Gasteiger partial charge is 0.347 e. The van der Waals surface area contributed by atoms with E-state index in [9.17, 15) is 9.59 Å². The summed E-state index contributed by atoms with van der Waals surface area (Å²) in [4.78, 5) is 25.4. The van der Waals surface area contributed by atoms with E-state index in [2.05, 4.69) is 26.6 Å². The van der Waals surface area contributed by atoms with Gasteiger partial charge in [0.1, 0.15) is 5.70 Å². The highest BCUT2D eigenvalue weighted by Crippen LogP contribution is 2.13. The molecule has 5 heteroatoms. The molecule has 0 aromatic heterocycles. The number of carbonyl (C=O) groups excluding carboxylic acids is 2. The van der Waals surface area contributed by atoms with Gasteiger partial charge >= 0.3 is 0 Å². The lowest BCUT2D eigenvalue weighted by atomic mass is 10.1. The highest BCUT2D eigenvalue weighted by atomic mass is 79.9. The molecule has 0 aliphatic heterocycles. The smallest absolute Gasteiger partial charge is 0.268 e. The third kappa shape index (κ3) is 5.66. The van der Waals surface area contributed by atoms with Crippen LogP contribution >= 0.6 is 15.9 Å². The Morgan fingerprint density at radius 2 is 1.54 bits per heavy atom. The number of nitrogens with one attached hydrogen (secondary N) is 2. The zero-order chi connectivity index (χ0) is 19.8. The first-order valence-corrected chi connectivity index (χ1v) is 9.57. The molecule has 0 saturated heterocycles. The molecule has 0 bridgehead atoms. The summed E-state index contributed by atoms with van der Waals surface area (Å²) >= 11 is 3.36. The third-order valence-corrected chi connectivity index (χ3v) is 4.48. The van der Waals surface area contributed by atoms with Crippen LogP contribution < -0.4 is 10.6 Å². The van der Waals surface area contributed by atoms with Crippen LogP contribution in [0, 0.1) is 0 Å². The average Bonchev–Trinajstić information content (AvgIpc) is 2.73. The Morgan fingerprint density at radius 1 is 0.857 bits per heavy atom. The fourth-order valence-corrected chi connectivity index (χ4v) is 2.97. The number of halogens is 1. The molecule has 0 aliphatic carbocycles. The SMILES string of the molecule is O=C(NCc1ccccc1)/C(=C\c1ccccc1)NC(=O)c1cccc(Br)c1. The lowest BCUT2D eigenvalue weighted by Gasteiger charge is -2.11. The quantitative estimate of drug-likeness (QED) is 0.559. The molecule has 28 heavy (non-hydrogen) atoms. The molecule has 3 aromatic carbocycles. The van der Waals surface area contributed by atoms with Gasteiger partial charge in [0.2, 0.25) is 0 Å². The van der Waals surface area contributed by atoms with Crippen molar-refractivity contribution in [1.82, 2.24) is 10.6 Å². The van der Waals surface area contributed by atoms with E-state index in [0.717, 1.165) is 15.6 Å². The van der Waals surface area contributed by atoms with Gasteiger partial charge in [0.05, 0.1) is 0 Å². The maximum Gasteiger partial charge on any atom is 0.268 e. The van der Waals surface area contributed by atoms with Gasteiger partial charge in [-0.25, -0.2) is 0 Å². The van der Waals surface area contributed by atoms with Gasteiger partial charge in [-0.1, -0.05) is 82.7 Å². The summed E-state index contributed by atoms with van der Waals surface area (Å²) in [6, 6.07) is 26.0. The van der Waals surface area contributed by atoms with Crippen LogP contribution in [0.2, 0.25) is 0 Å².